The van der Waals surface area contributed by atoms with Crippen molar-refractivity contribution in [1.29, 1.82) is 0 Å². The minimum absolute atomic E-state index is 0.270. The maximum absolute atomic E-state index is 14.0. The Hall–Kier alpha value is -1.23. The summed E-state index contributed by atoms with van der Waals surface area (Å²) in [6.45, 7) is 4.01. The van der Waals surface area contributed by atoms with Crippen molar-refractivity contribution < 1.29 is 4.39 Å². The highest BCUT2D eigenvalue weighted by Gasteiger charge is 2.20. The zero-order chi connectivity index (χ0) is 14.0. The van der Waals surface area contributed by atoms with Crippen LogP contribution >= 0.6 is 15.9 Å². The van der Waals surface area contributed by atoms with Crippen LogP contribution in [0.15, 0.2) is 40.9 Å². The lowest BCUT2D eigenvalue weighted by Crippen LogP contribution is -2.30. The largest absolute Gasteiger partial charge is 0.271 e. The van der Waals surface area contributed by atoms with Crippen LogP contribution in [0.5, 0.6) is 0 Å². The van der Waals surface area contributed by atoms with Crippen molar-refractivity contribution in [3.8, 4) is 0 Å². The molecule has 0 saturated carbocycles. The Bertz CT molecular complexity index is 578. The molecule has 0 aliphatic heterocycles. The van der Waals surface area contributed by atoms with E-state index in [0.29, 0.717) is 5.56 Å². The van der Waals surface area contributed by atoms with E-state index >= 15 is 0 Å². The maximum atomic E-state index is 14.0. The fourth-order valence-corrected chi connectivity index (χ4v) is 2.73. The summed E-state index contributed by atoms with van der Waals surface area (Å²) in [5.41, 5.74) is 6.45. The van der Waals surface area contributed by atoms with Crippen molar-refractivity contribution in [2.24, 2.45) is 5.84 Å². The minimum Gasteiger partial charge on any atom is -0.271 e. The predicted molar refractivity (Wildman–Crippen MR) is 79.2 cm³/mol. The highest BCUT2D eigenvalue weighted by molar-refractivity contribution is 9.10. The van der Waals surface area contributed by atoms with Crippen LogP contribution < -0.4 is 11.3 Å². The van der Waals surface area contributed by atoms with E-state index in [1.807, 2.05) is 32.0 Å². The Kier molecular flexibility index (Phi) is 4.34. The molecule has 0 fully saturated rings. The van der Waals surface area contributed by atoms with E-state index in [9.17, 15) is 4.39 Å². The highest BCUT2D eigenvalue weighted by atomic mass is 79.9. The van der Waals surface area contributed by atoms with Gasteiger partial charge in [-0.15, -0.1) is 0 Å². The molecule has 0 aliphatic carbocycles. The second kappa shape index (κ2) is 5.82. The highest BCUT2D eigenvalue weighted by Crippen LogP contribution is 2.30. The van der Waals surface area contributed by atoms with E-state index < -0.39 is 0 Å². The van der Waals surface area contributed by atoms with Gasteiger partial charge >= 0.3 is 0 Å². The molecule has 0 radical (unpaired) electrons. The number of benzene rings is 2. The number of hydrazine groups is 1. The molecule has 0 heterocycles. The molecule has 3 N–H and O–H groups in total. The summed E-state index contributed by atoms with van der Waals surface area (Å²) < 4.78 is 14.9. The van der Waals surface area contributed by atoms with Gasteiger partial charge in [0, 0.05) is 10.0 Å². The molecule has 2 nitrogen and oxygen atoms in total. The number of hydrogen-bond acceptors (Lipinski definition) is 2. The van der Waals surface area contributed by atoms with E-state index in [1.54, 1.807) is 12.1 Å². The minimum atomic E-state index is -0.362. The molecule has 2 rings (SSSR count). The van der Waals surface area contributed by atoms with Gasteiger partial charge in [-0.05, 0) is 48.7 Å². The summed E-state index contributed by atoms with van der Waals surface area (Å²) in [6, 6.07) is 10.5. The Labute approximate surface area is 120 Å². The first-order valence-electron chi connectivity index (χ1n) is 6.01. The van der Waals surface area contributed by atoms with Crippen molar-refractivity contribution in [2.45, 2.75) is 19.9 Å². The number of nitrogens with one attached hydrogen (secondary N) is 1. The Morgan fingerprint density at radius 3 is 2.37 bits per heavy atom. The van der Waals surface area contributed by atoms with Gasteiger partial charge in [0.25, 0.3) is 0 Å². The monoisotopic (exact) mass is 322 g/mol. The first-order valence-corrected chi connectivity index (χ1v) is 6.81. The molecule has 4 heteroatoms. The Morgan fingerprint density at radius 1 is 1.16 bits per heavy atom. The molecular formula is C15H16BrFN2. The van der Waals surface area contributed by atoms with E-state index in [0.717, 1.165) is 21.2 Å². The Morgan fingerprint density at radius 2 is 1.79 bits per heavy atom. The van der Waals surface area contributed by atoms with Gasteiger partial charge in [-0.3, -0.25) is 5.84 Å². The lowest BCUT2D eigenvalue weighted by atomic mass is 9.91. The van der Waals surface area contributed by atoms with Crippen LogP contribution in [0, 0.1) is 19.7 Å². The molecular weight excluding hydrogens is 307 g/mol. The third kappa shape index (κ3) is 2.86. The van der Waals surface area contributed by atoms with Gasteiger partial charge in [-0.2, -0.15) is 0 Å². The summed E-state index contributed by atoms with van der Waals surface area (Å²) >= 11 is 3.37. The van der Waals surface area contributed by atoms with Crippen LogP contribution in [0.3, 0.4) is 0 Å². The fraction of sp³-hybridized carbons (Fsp3) is 0.200. The van der Waals surface area contributed by atoms with Gasteiger partial charge in [-0.25, -0.2) is 9.82 Å². The van der Waals surface area contributed by atoms with Crippen LogP contribution in [0.25, 0.3) is 0 Å². The molecule has 1 atom stereocenters. The first kappa shape index (κ1) is 14.2. The van der Waals surface area contributed by atoms with Crippen molar-refractivity contribution in [1.82, 2.24) is 5.43 Å². The van der Waals surface area contributed by atoms with Gasteiger partial charge in [0.2, 0.25) is 0 Å². The summed E-state index contributed by atoms with van der Waals surface area (Å²) in [5.74, 6) is 5.39. The normalized spacial score (nSPS) is 12.5. The number of aryl methyl sites for hydroxylation is 2. The lowest BCUT2D eigenvalue weighted by molar-refractivity contribution is 0.557. The second-order valence-electron chi connectivity index (χ2n) is 4.57. The average Bonchev–Trinajstić information content (AvgIpc) is 2.37. The molecule has 2 aromatic rings. The van der Waals surface area contributed by atoms with E-state index in [2.05, 4.69) is 21.4 Å². The molecule has 2 aromatic carbocycles. The van der Waals surface area contributed by atoms with Crippen molar-refractivity contribution in [2.75, 3.05) is 0 Å². The number of hydrogen-bond donors (Lipinski definition) is 2. The molecule has 0 spiro atoms. The lowest BCUT2D eigenvalue weighted by Gasteiger charge is -2.22. The van der Waals surface area contributed by atoms with Gasteiger partial charge in [0.1, 0.15) is 5.82 Å². The molecule has 0 saturated heterocycles. The number of nitrogens with two attached hydrogens (primary N) is 1. The fourth-order valence-electron chi connectivity index (χ4n) is 2.35. The third-order valence-corrected chi connectivity index (χ3v) is 3.76. The summed E-state index contributed by atoms with van der Waals surface area (Å²) in [5, 5.41) is 0. The predicted octanol–water partition coefficient (Wildman–Crippen LogP) is 3.76. The van der Waals surface area contributed by atoms with Crippen molar-refractivity contribution >= 4 is 15.9 Å². The van der Waals surface area contributed by atoms with Crippen LogP contribution in [-0.2, 0) is 0 Å². The van der Waals surface area contributed by atoms with Crippen LogP contribution in [0.4, 0.5) is 4.39 Å². The zero-order valence-corrected chi connectivity index (χ0v) is 12.5. The second-order valence-corrected chi connectivity index (χ2v) is 5.49. The van der Waals surface area contributed by atoms with E-state index in [1.165, 1.54) is 6.07 Å². The standard InChI is InChI=1S/C15H16BrFN2/c1-9-4-3-5-10(2)14(9)15(19-18)12-8-11(16)6-7-13(12)17/h3-8,15,19H,18H2,1-2H3. The van der Waals surface area contributed by atoms with E-state index in [-0.39, 0.29) is 11.9 Å². The molecule has 0 aliphatic rings. The molecule has 19 heavy (non-hydrogen) atoms. The SMILES string of the molecule is Cc1cccc(C)c1C(NN)c1cc(Br)ccc1F. The quantitative estimate of drug-likeness (QED) is 0.667. The summed E-state index contributed by atoms with van der Waals surface area (Å²) in [6.07, 6.45) is 0. The molecule has 0 amide bonds. The Balaban J connectivity index is 2.59. The van der Waals surface area contributed by atoms with E-state index in [4.69, 9.17) is 5.84 Å². The van der Waals surface area contributed by atoms with Gasteiger partial charge in [0.05, 0.1) is 6.04 Å². The zero-order valence-electron chi connectivity index (χ0n) is 10.9. The van der Waals surface area contributed by atoms with Crippen molar-refractivity contribution in [3.63, 3.8) is 0 Å². The summed E-state index contributed by atoms with van der Waals surface area (Å²) in [7, 11) is 0. The number of halogens is 2. The van der Waals surface area contributed by atoms with Gasteiger partial charge in [-0.1, -0.05) is 34.1 Å². The third-order valence-electron chi connectivity index (χ3n) is 3.27. The molecule has 100 valence electrons. The molecule has 0 aromatic heterocycles. The average molecular weight is 323 g/mol. The maximum Gasteiger partial charge on any atom is 0.128 e. The van der Waals surface area contributed by atoms with Gasteiger partial charge in [0.15, 0.2) is 0 Å². The number of rotatable bonds is 3. The van der Waals surface area contributed by atoms with Crippen LogP contribution in [-0.4, -0.2) is 0 Å². The molecule has 0 bridgehead atoms. The summed E-state index contributed by atoms with van der Waals surface area (Å²) in [4.78, 5) is 0. The van der Waals surface area contributed by atoms with Crippen LogP contribution in [0.1, 0.15) is 28.3 Å². The van der Waals surface area contributed by atoms with Crippen LogP contribution in [0.2, 0.25) is 0 Å². The molecule has 1 unspecified atom stereocenters. The smallest absolute Gasteiger partial charge is 0.128 e. The van der Waals surface area contributed by atoms with Crippen molar-refractivity contribution in [3.05, 3.63) is 68.9 Å². The topological polar surface area (TPSA) is 38.0 Å². The first-order chi connectivity index (χ1) is 9.04. The van der Waals surface area contributed by atoms with Gasteiger partial charge < -0.3 is 0 Å².